The van der Waals surface area contributed by atoms with Gasteiger partial charge in [0, 0.05) is 17.0 Å². The fourth-order valence-electron chi connectivity index (χ4n) is 2.05. The first-order chi connectivity index (χ1) is 8.92. The second-order valence-corrected chi connectivity index (χ2v) is 5.46. The molecule has 0 aliphatic heterocycles. The summed E-state index contributed by atoms with van der Waals surface area (Å²) < 4.78 is 13.9. The average Bonchev–Trinajstić information content (AvgIpc) is 2.35. The molecular formula is C15H13Cl2FO. The molecule has 0 fully saturated rings. The van der Waals surface area contributed by atoms with Gasteiger partial charge in [-0.05, 0) is 24.6 Å². The molecule has 1 nitrogen and oxygen atoms in total. The molecule has 1 N–H and O–H groups in total. The van der Waals surface area contributed by atoms with Crippen LogP contribution in [0.1, 0.15) is 18.1 Å². The van der Waals surface area contributed by atoms with Gasteiger partial charge in [0.05, 0.1) is 10.6 Å². The van der Waals surface area contributed by atoms with E-state index in [1.165, 1.54) is 6.07 Å². The Kier molecular flexibility index (Phi) is 4.14. The summed E-state index contributed by atoms with van der Waals surface area (Å²) in [6.07, 6.45) is 0.100. The van der Waals surface area contributed by atoms with E-state index in [0.29, 0.717) is 16.1 Å². The molecule has 100 valence electrons. The topological polar surface area (TPSA) is 20.2 Å². The largest absolute Gasteiger partial charge is 0.385 e. The molecule has 1 unspecified atom stereocenters. The first-order valence-corrected chi connectivity index (χ1v) is 6.57. The highest BCUT2D eigenvalue weighted by molar-refractivity contribution is 6.31. The molecule has 1 atom stereocenters. The first kappa shape index (κ1) is 14.3. The van der Waals surface area contributed by atoms with Gasteiger partial charge in [-0.15, -0.1) is 0 Å². The van der Waals surface area contributed by atoms with Gasteiger partial charge in [-0.25, -0.2) is 4.39 Å². The van der Waals surface area contributed by atoms with Gasteiger partial charge in [0.2, 0.25) is 0 Å². The van der Waals surface area contributed by atoms with Crippen molar-refractivity contribution >= 4 is 23.2 Å². The number of hydrogen-bond acceptors (Lipinski definition) is 1. The van der Waals surface area contributed by atoms with Crippen LogP contribution in [0.25, 0.3) is 0 Å². The summed E-state index contributed by atoms with van der Waals surface area (Å²) in [5.41, 5.74) is -0.336. The van der Waals surface area contributed by atoms with Crippen molar-refractivity contribution in [1.29, 1.82) is 0 Å². The van der Waals surface area contributed by atoms with Crippen LogP contribution in [0, 0.1) is 5.82 Å². The third-order valence-corrected chi connectivity index (χ3v) is 3.64. The molecule has 0 heterocycles. The molecular weight excluding hydrogens is 286 g/mol. The van der Waals surface area contributed by atoms with E-state index in [0.717, 1.165) is 0 Å². The summed E-state index contributed by atoms with van der Waals surface area (Å²) in [6, 6.07) is 11.7. The lowest BCUT2D eigenvalue weighted by atomic mass is 9.89. The zero-order valence-corrected chi connectivity index (χ0v) is 11.8. The van der Waals surface area contributed by atoms with E-state index in [9.17, 15) is 9.50 Å². The number of aliphatic hydroxyl groups is 1. The molecule has 0 aliphatic rings. The van der Waals surface area contributed by atoms with Gasteiger partial charge in [0.25, 0.3) is 0 Å². The van der Waals surface area contributed by atoms with Gasteiger partial charge in [-0.2, -0.15) is 0 Å². The Balaban J connectivity index is 2.36. The highest BCUT2D eigenvalue weighted by atomic mass is 35.5. The van der Waals surface area contributed by atoms with Gasteiger partial charge >= 0.3 is 0 Å². The van der Waals surface area contributed by atoms with Crippen LogP contribution in [0.4, 0.5) is 4.39 Å². The Hall–Kier alpha value is -1.09. The van der Waals surface area contributed by atoms with Crippen LogP contribution in [0.15, 0.2) is 42.5 Å². The van der Waals surface area contributed by atoms with E-state index >= 15 is 0 Å². The maximum Gasteiger partial charge on any atom is 0.145 e. The van der Waals surface area contributed by atoms with Crippen LogP contribution in [-0.4, -0.2) is 5.11 Å². The van der Waals surface area contributed by atoms with E-state index in [-0.39, 0.29) is 11.4 Å². The van der Waals surface area contributed by atoms with Crippen LogP contribution in [-0.2, 0) is 12.0 Å². The molecule has 4 heteroatoms. The third kappa shape index (κ3) is 3.08. The minimum atomic E-state index is -1.26. The molecule has 0 saturated carbocycles. The van der Waals surface area contributed by atoms with Gasteiger partial charge in [0.15, 0.2) is 0 Å². The van der Waals surface area contributed by atoms with Crippen molar-refractivity contribution in [2.24, 2.45) is 0 Å². The molecule has 0 aromatic heterocycles. The summed E-state index contributed by atoms with van der Waals surface area (Å²) in [7, 11) is 0. The smallest absolute Gasteiger partial charge is 0.145 e. The van der Waals surface area contributed by atoms with E-state index in [1.54, 1.807) is 43.3 Å². The highest BCUT2D eigenvalue weighted by Crippen LogP contribution is 2.32. The van der Waals surface area contributed by atoms with Gasteiger partial charge in [0.1, 0.15) is 5.82 Å². The minimum Gasteiger partial charge on any atom is -0.385 e. The maximum atomic E-state index is 13.9. The predicted octanol–water partition coefficient (Wildman–Crippen LogP) is 4.58. The second-order valence-electron chi connectivity index (χ2n) is 4.64. The van der Waals surface area contributed by atoms with E-state index < -0.39 is 11.4 Å². The minimum absolute atomic E-state index is 0.0486. The standard InChI is InChI=1S/C15H13Cl2FO/c1-15(19,11-6-2-3-7-12(11)16)9-10-5-4-8-13(17)14(10)18/h2-8,19H,9H2,1H3. The molecule has 2 aromatic rings. The van der Waals surface area contributed by atoms with E-state index in [4.69, 9.17) is 23.2 Å². The molecule has 0 aliphatic carbocycles. The van der Waals surface area contributed by atoms with Crippen molar-refractivity contribution in [2.75, 3.05) is 0 Å². The maximum absolute atomic E-state index is 13.9. The van der Waals surface area contributed by atoms with Gasteiger partial charge in [-0.3, -0.25) is 0 Å². The fourth-order valence-corrected chi connectivity index (χ4v) is 2.58. The number of benzene rings is 2. The number of rotatable bonds is 3. The van der Waals surface area contributed by atoms with Crippen LogP contribution in [0.2, 0.25) is 10.0 Å². The molecule has 0 bridgehead atoms. The van der Waals surface area contributed by atoms with Crippen molar-refractivity contribution < 1.29 is 9.50 Å². The quantitative estimate of drug-likeness (QED) is 0.879. The molecule has 2 rings (SSSR count). The lowest BCUT2D eigenvalue weighted by molar-refractivity contribution is 0.0568. The molecule has 19 heavy (non-hydrogen) atoms. The zero-order valence-electron chi connectivity index (χ0n) is 10.3. The molecule has 0 saturated heterocycles. The zero-order chi connectivity index (χ0) is 14.0. The van der Waals surface area contributed by atoms with Crippen LogP contribution in [0.5, 0.6) is 0 Å². The number of halogens is 3. The fraction of sp³-hybridized carbons (Fsp3) is 0.200. The summed E-state index contributed by atoms with van der Waals surface area (Å²) >= 11 is 11.8. The third-order valence-electron chi connectivity index (χ3n) is 3.02. The second kappa shape index (κ2) is 5.49. The molecule has 2 aromatic carbocycles. The Morgan fingerprint density at radius 1 is 1.05 bits per heavy atom. The van der Waals surface area contributed by atoms with E-state index in [1.807, 2.05) is 0 Å². The Morgan fingerprint density at radius 3 is 2.37 bits per heavy atom. The van der Waals surface area contributed by atoms with Crippen molar-refractivity contribution in [3.05, 3.63) is 69.5 Å². The highest BCUT2D eigenvalue weighted by Gasteiger charge is 2.27. The molecule has 0 amide bonds. The van der Waals surface area contributed by atoms with Crippen LogP contribution in [0.3, 0.4) is 0 Å². The van der Waals surface area contributed by atoms with Crippen LogP contribution >= 0.6 is 23.2 Å². The summed E-state index contributed by atoms with van der Waals surface area (Å²) in [5.74, 6) is -0.503. The normalized spacial score (nSPS) is 14.2. The van der Waals surface area contributed by atoms with Crippen LogP contribution < -0.4 is 0 Å². The predicted molar refractivity (Wildman–Crippen MR) is 76.1 cm³/mol. The molecule has 0 radical (unpaired) electrons. The van der Waals surface area contributed by atoms with Crippen molar-refractivity contribution in [1.82, 2.24) is 0 Å². The van der Waals surface area contributed by atoms with Gasteiger partial charge in [-0.1, -0.05) is 53.5 Å². The van der Waals surface area contributed by atoms with E-state index in [2.05, 4.69) is 0 Å². The number of hydrogen-bond donors (Lipinski definition) is 1. The van der Waals surface area contributed by atoms with Crippen molar-refractivity contribution in [2.45, 2.75) is 18.9 Å². The molecule has 0 spiro atoms. The Bertz CT molecular complexity index is 596. The summed E-state index contributed by atoms with van der Waals surface area (Å²) in [4.78, 5) is 0. The Labute approximate surface area is 121 Å². The average molecular weight is 299 g/mol. The van der Waals surface area contributed by atoms with Crippen molar-refractivity contribution in [3.8, 4) is 0 Å². The SMILES string of the molecule is CC(O)(Cc1cccc(Cl)c1F)c1ccccc1Cl. The van der Waals surface area contributed by atoms with Gasteiger partial charge < -0.3 is 5.11 Å². The summed E-state index contributed by atoms with van der Waals surface area (Å²) in [6.45, 7) is 1.61. The Morgan fingerprint density at radius 2 is 1.68 bits per heavy atom. The van der Waals surface area contributed by atoms with Crippen molar-refractivity contribution in [3.63, 3.8) is 0 Å². The summed E-state index contributed by atoms with van der Waals surface area (Å²) in [5, 5.41) is 11.0. The lowest BCUT2D eigenvalue weighted by Crippen LogP contribution is -2.25. The monoisotopic (exact) mass is 298 g/mol. The first-order valence-electron chi connectivity index (χ1n) is 5.82. The lowest BCUT2D eigenvalue weighted by Gasteiger charge is -2.25.